The molecule has 1 aromatic carbocycles. The number of thiophene rings is 1. The molecule has 112 valence electrons. The molecule has 2 aromatic rings. The predicted molar refractivity (Wildman–Crippen MR) is 89.2 cm³/mol. The van der Waals surface area contributed by atoms with Crippen LogP contribution >= 0.6 is 23.6 Å². The smallest absolute Gasteiger partial charge is 0.192 e. The predicted octanol–water partition coefficient (Wildman–Crippen LogP) is 2.87. The van der Waals surface area contributed by atoms with Gasteiger partial charge in [-0.25, -0.2) is 0 Å². The van der Waals surface area contributed by atoms with Crippen LogP contribution in [0.15, 0.2) is 41.8 Å². The number of thiocarbonyl (C=S) groups is 1. The number of ether oxygens (including phenoxy) is 1. The lowest BCUT2D eigenvalue weighted by Gasteiger charge is -2.50. The molecule has 0 spiro atoms. The van der Waals surface area contributed by atoms with E-state index in [0.29, 0.717) is 5.11 Å². The second kappa shape index (κ2) is 4.79. The summed E-state index contributed by atoms with van der Waals surface area (Å²) >= 11 is 6.74. The largest absolute Gasteiger partial charge is 0.467 e. The van der Waals surface area contributed by atoms with Gasteiger partial charge in [0.25, 0.3) is 0 Å². The number of Topliss-reactive ketones (excluding diaryl/α,β-unsaturated/α-hetero) is 1. The van der Waals surface area contributed by atoms with Crippen molar-refractivity contribution in [2.75, 3.05) is 0 Å². The highest BCUT2D eigenvalue weighted by atomic mass is 32.1. The van der Waals surface area contributed by atoms with Crippen molar-refractivity contribution in [3.63, 3.8) is 0 Å². The van der Waals surface area contributed by atoms with Crippen molar-refractivity contribution < 1.29 is 9.53 Å². The molecule has 2 aliphatic heterocycles. The van der Waals surface area contributed by atoms with Crippen molar-refractivity contribution in [2.24, 2.45) is 5.92 Å². The molecule has 22 heavy (non-hydrogen) atoms. The Balaban J connectivity index is 1.85. The van der Waals surface area contributed by atoms with Gasteiger partial charge in [0.1, 0.15) is 11.7 Å². The van der Waals surface area contributed by atoms with Crippen LogP contribution in [0.25, 0.3) is 0 Å². The number of rotatable bonds is 2. The van der Waals surface area contributed by atoms with Gasteiger partial charge in [-0.05, 0) is 36.7 Å². The van der Waals surface area contributed by atoms with E-state index >= 15 is 0 Å². The van der Waals surface area contributed by atoms with Crippen LogP contribution in [0, 0.1) is 5.92 Å². The number of hydrogen-bond donors (Lipinski definition) is 2. The van der Waals surface area contributed by atoms with Crippen LogP contribution in [0.3, 0.4) is 0 Å². The van der Waals surface area contributed by atoms with Crippen molar-refractivity contribution in [2.45, 2.75) is 18.7 Å². The van der Waals surface area contributed by atoms with Crippen LogP contribution in [0.4, 0.5) is 0 Å². The number of ketones is 1. The van der Waals surface area contributed by atoms with Crippen molar-refractivity contribution >= 4 is 34.5 Å². The average Bonchev–Trinajstić information content (AvgIpc) is 2.99. The van der Waals surface area contributed by atoms with Gasteiger partial charge >= 0.3 is 0 Å². The summed E-state index contributed by atoms with van der Waals surface area (Å²) in [6.07, 6.45) is 0. The quantitative estimate of drug-likeness (QED) is 0.655. The van der Waals surface area contributed by atoms with Gasteiger partial charge in [-0.15, -0.1) is 11.3 Å². The lowest BCUT2D eigenvalue weighted by atomic mass is 9.77. The van der Waals surface area contributed by atoms with Crippen LogP contribution in [0.5, 0.6) is 5.75 Å². The van der Waals surface area contributed by atoms with Crippen LogP contribution < -0.4 is 15.4 Å². The molecule has 2 unspecified atom stereocenters. The molecule has 4 nitrogen and oxygen atoms in total. The van der Waals surface area contributed by atoms with E-state index in [1.165, 1.54) is 11.3 Å². The lowest BCUT2D eigenvalue weighted by Crippen LogP contribution is -2.69. The van der Waals surface area contributed by atoms with E-state index in [4.69, 9.17) is 17.0 Å². The summed E-state index contributed by atoms with van der Waals surface area (Å²) in [6, 6.07) is 11.3. The van der Waals surface area contributed by atoms with E-state index in [2.05, 4.69) is 10.6 Å². The molecule has 2 N–H and O–H groups in total. The van der Waals surface area contributed by atoms with Gasteiger partial charge in [0.05, 0.1) is 10.9 Å². The number of nitrogens with one attached hydrogen (secondary N) is 2. The monoisotopic (exact) mass is 330 g/mol. The molecule has 1 aromatic heterocycles. The molecule has 6 heteroatoms. The van der Waals surface area contributed by atoms with Gasteiger partial charge in [-0.3, -0.25) is 4.79 Å². The van der Waals surface area contributed by atoms with E-state index in [-0.39, 0.29) is 17.7 Å². The third-order valence-corrected chi connectivity index (χ3v) is 5.30. The van der Waals surface area contributed by atoms with Gasteiger partial charge in [-0.1, -0.05) is 24.3 Å². The van der Waals surface area contributed by atoms with E-state index in [9.17, 15) is 4.79 Å². The van der Waals surface area contributed by atoms with Gasteiger partial charge in [0.2, 0.25) is 0 Å². The topological polar surface area (TPSA) is 50.4 Å². The molecule has 1 fully saturated rings. The number of para-hydroxylation sites is 1. The minimum absolute atomic E-state index is 0.0690. The van der Waals surface area contributed by atoms with Gasteiger partial charge in [0.15, 0.2) is 16.6 Å². The van der Waals surface area contributed by atoms with Crippen LogP contribution in [0.1, 0.15) is 28.2 Å². The van der Waals surface area contributed by atoms with Gasteiger partial charge in [-0.2, -0.15) is 0 Å². The first-order chi connectivity index (χ1) is 10.6. The third kappa shape index (κ3) is 1.94. The minimum atomic E-state index is -0.845. The normalized spacial score (nSPS) is 28.9. The highest BCUT2D eigenvalue weighted by Gasteiger charge is 2.54. The molecule has 0 saturated carbocycles. The maximum Gasteiger partial charge on any atom is 0.192 e. The van der Waals surface area contributed by atoms with Gasteiger partial charge < -0.3 is 15.4 Å². The molecule has 2 aliphatic rings. The van der Waals surface area contributed by atoms with Crippen molar-refractivity contribution in [3.8, 4) is 5.75 Å². The molecule has 1 saturated heterocycles. The Kier molecular flexibility index (Phi) is 2.99. The Morgan fingerprint density at radius 2 is 2.14 bits per heavy atom. The highest BCUT2D eigenvalue weighted by molar-refractivity contribution is 7.80. The summed E-state index contributed by atoms with van der Waals surface area (Å²) in [7, 11) is 0. The fraction of sp³-hybridized carbons (Fsp3) is 0.250. The SMILES string of the molecule is CC12NC(=S)NC(c3ccccc3O1)[C@H]2C(=O)c1cccs1. The maximum atomic E-state index is 13.0. The highest BCUT2D eigenvalue weighted by Crippen LogP contribution is 2.46. The Morgan fingerprint density at radius 1 is 1.32 bits per heavy atom. The second-order valence-electron chi connectivity index (χ2n) is 5.64. The Hall–Kier alpha value is -1.92. The van der Waals surface area contributed by atoms with Crippen molar-refractivity contribution in [1.29, 1.82) is 0 Å². The van der Waals surface area contributed by atoms with Crippen LogP contribution in [-0.4, -0.2) is 16.6 Å². The Bertz CT molecular complexity index is 759. The van der Waals surface area contributed by atoms with Crippen molar-refractivity contribution in [3.05, 3.63) is 52.2 Å². The minimum Gasteiger partial charge on any atom is -0.467 e. The number of hydrogen-bond acceptors (Lipinski definition) is 4. The molecule has 3 heterocycles. The first-order valence-electron chi connectivity index (χ1n) is 7.03. The first kappa shape index (κ1) is 13.7. The van der Waals surface area contributed by atoms with Crippen molar-refractivity contribution in [1.82, 2.24) is 10.6 Å². The zero-order valence-electron chi connectivity index (χ0n) is 11.8. The number of benzene rings is 1. The average molecular weight is 330 g/mol. The molecule has 3 atom stereocenters. The zero-order valence-corrected chi connectivity index (χ0v) is 13.5. The lowest BCUT2D eigenvalue weighted by molar-refractivity contribution is -0.0228. The maximum absolute atomic E-state index is 13.0. The third-order valence-electron chi connectivity index (χ3n) is 4.20. The molecule has 0 radical (unpaired) electrons. The standard InChI is InChI=1S/C16H14N2O2S2/c1-16-12(14(19)11-7-4-8-22-11)13(17-15(21)18-16)9-5-2-3-6-10(9)20-16/h2-8,12-13H,1H3,(H2,17,18,21)/t12-,13?,16?/m0/s1. The van der Waals surface area contributed by atoms with Gasteiger partial charge in [0, 0.05) is 5.56 Å². The summed E-state index contributed by atoms with van der Waals surface area (Å²) in [6.45, 7) is 1.89. The van der Waals surface area contributed by atoms with E-state index in [0.717, 1.165) is 16.2 Å². The number of carbonyl (C=O) groups is 1. The summed E-state index contributed by atoms with van der Waals surface area (Å²) < 4.78 is 6.14. The fourth-order valence-corrected chi connectivity index (χ4v) is 4.29. The first-order valence-corrected chi connectivity index (χ1v) is 8.31. The summed E-state index contributed by atoms with van der Waals surface area (Å²) in [5, 5.41) is 8.81. The summed E-state index contributed by atoms with van der Waals surface area (Å²) in [5.41, 5.74) is 0.126. The Morgan fingerprint density at radius 3 is 2.91 bits per heavy atom. The van der Waals surface area contributed by atoms with E-state index < -0.39 is 5.72 Å². The molecular weight excluding hydrogens is 316 g/mol. The van der Waals surface area contributed by atoms with Crippen LogP contribution in [-0.2, 0) is 0 Å². The van der Waals surface area contributed by atoms with E-state index in [1.807, 2.05) is 48.7 Å². The molecule has 0 aliphatic carbocycles. The summed E-state index contributed by atoms with van der Waals surface area (Å²) in [4.78, 5) is 13.7. The second-order valence-corrected chi connectivity index (χ2v) is 7.00. The molecular formula is C16H14N2O2S2. The Labute approximate surface area is 137 Å². The van der Waals surface area contributed by atoms with E-state index in [1.54, 1.807) is 0 Å². The number of carbonyl (C=O) groups excluding carboxylic acids is 1. The zero-order chi connectivity index (χ0) is 15.3. The molecule has 4 rings (SSSR count). The summed E-state index contributed by atoms with van der Waals surface area (Å²) in [5.74, 6) is 0.472. The molecule has 0 amide bonds. The number of fused-ring (bicyclic) bond motifs is 4. The fourth-order valence-electron chi connectivity index (χ4n) is 3.26. The molecule has 2 bridgehead atoms. The van der Waals surface area contributed by atoms with Crippen LogP contribution in [0.2, 0.25) is 0 Å².